The maximum Gasteiger partial charge on any atom is 0.289 e. The lowest BCUT2D eigenvalue weighted by atomic mass is 10.2. The van der Waals surface area contributed by atoms with Crippen LogP contribution in [-0.4, -0.2) is 53.8 Å². The molecule has 0 aromatic carbocycles. The van der Waals surface area contributed by atoms with Gasteiger partial charge in [0.05, 0.1) is 6.26 Å². The number of halogens is 1. The number of hydrogen-bond acceptors (Lipinski definition) is 4. The maximum atomic E-state index is 12.0. The summed E-state index contributed by atoms with van der Waals surface area (Å²) in [4.78, 5) is 27.3. The van der Waals surface area contributed by atoms with Gasteiger partial charge in [0.25, 0.3) is 5.91 Å². The molecule has 0 spiro atoms. The molecule has 2 amide bonds. The van der Waals surface area contributed by atoms with Crippen LogP contribution in [0.3, 0.4) is 0 Å². The van der Waals surface area contributed by atoms with Crippen molar-refractivity contribution >= 4 is 24.2 Å². The minimum atomic E-state index is -0.129. The van der Waals surface area contributed by atoms with Crippen LogP contribution in [0.25, 0.3) is 0 Å². The number of amides is 2. The second-order valence-corrected chi connectivity index (χ2v) is 4.83. The van der Waals surface area contributed by atoms with Crippen molar-refractivity contribution in [1.29, 1.82) is 0 Å². The Morgan fingerprint density at radius 3 is 2.40 bits per heavy atom. The van der Waals surface area contributed by atoms with Gasteiger partial charge in [0.15, 0.2) is 5.76 Å². The molecule has 20 heavy (non-hydrogen) atoms. The highest BCUT2D eigenvalue weighted by Crippen LogP contribution is 2.10. The molecule has 2 rings (SSSR count). The van der Waals surface area contributed by atoms with E-state index >= 15 is 0 Å². The Hall–Kier alpha value is -1.53. The zero-order chi connectivity index (χ0) is 13.8. The average Bonchev–Trinajstić information content (AvgIpc) is 2.91. The van der Waals surface area contributed by atoms with Crippen LogP contribution in [0.5, 0.6) is 0 Å². The smallest absolute Gasteiger partial charge is 0.289 e. The van der Waals surface area contributed by atoms with E-state index in [1.165, 1.54) is 6.26 Å². The molecule has 1 unspecified atom stereocenters. The van der Waals surface area contributed by atoms with Crippen LogP contribution in [-0.2, 0) is 4.79 Å². The summed E-state index contributed by atoms with van der Waals surface area (Å²) in [5.41, 5.74) is 5.62. The van der Waals surface area contributed by atoms with E-state index in [1.54, 1.807) is 21.9 Å². The fourth-order valence-electron chi connectivity index (χ4n) is 2.12. The number of piperazine rings is 1. The molecule has 6 nitrogen and oxygen atoms in total. The molecule has 1 aromatic rings. The Balaban J connectivity index is 0.00000200. The molecular weight excluding hydrogens is 282 g/mol. The third kappa shape index (κ3) is 3.98. The molecular formula is C13H20ClN3O3. The van der Waals surface area contributed by atoms with Gasteiger partial charge < -0.3 is 20.0 Å². The van der Waals surface area contributed by atoms with E-state index in [-0.39, 0.29) is 30.3 Å². The number of furan rings is 1. The average molecular weight is 302 g/mol. The van der Waals surface area contributed by atoms with E-state index in [2.05, 4.69) is 0 Å². The fraction of sp³-hybridized carbons (Fsp3) is 0.538. The molecule has 0 radical (unpaired) electrons. The number of hydrogen-bond donors (Lipinski definition) is 1. The number of carbonyl (C=O) groups excluding carboxylic acids is 2. The highest BCUT2D eigenvalue weighted by Gasteiger charge is 2.26. The van der Waals surface area contributed by atoms with Crippen molar-refractivity contribution < 1.29 is 14.0 Å². The minimum Gasteiger partial charge on any atom is -0.459 e. The highest BCUT2D eigenvalue weighted by molar-refractivity contribution is 5.91. The lowest BCUT2D eigenvalue weighted by Gasteiger charge is -2.34. The molecule has 0 saturated carbocycles. The van der Waals surface area contributed by atoms with Crippen LogP contribution >= 0.6 is 12.4 Å². The van der Waals surface area contributed by atoms with Crippen molar-refractivity contribution in [2.45, 2.75) is 19.4 Å². The fourth-order valence-corrected chi connectivity index (χ4v) is 2.12. The van der Waals surface area contributed by atoms with Gasteiger partial charge in [0.2, 0.25) is 5.91 Å². The van der Waals surface area contributed by atoms with E-state index in [4.69, 9.17) is 10.2 Å². The standard InChI is InChI=1S/C13H19N3O3.ClH/c1-10(14)9-12(17)15-4-6-16(7-5-15)13(18)11-3-2-8-19-11;/h2-3,8,10H,4-7,9,14H2,1H3;1H. The van der Waals surface area contributed by atoms with Gasteiger partial charge in [-0.3, -0.25) is 9.59 Å². The molecule has 1 aliphatic rings. The van der Waals surface area contributed by atoms with Crippen molar-refractivity contribution in [3.05, 3.63) is 24.2 Å². The quantitative estimate of drug-likeness (QED) is 0.892. The molecule has 1 saturated heterocycles. The summed E-state index contributed by atoms with van der Waals surface area (Å²) in [6.45, 7) is 3.99. The molecule has 2 N–H and O–H groups in total. The van der Waals surface area contributed by atoms with Crippen molar-refractivity contribution in [2.24, 2.45) is 5.73 Å². The van der Waals surface area contributed by atoms with Gasteiger partial charge in [-0.2, -0.15) is 0 Å². The zero-order valence-corrected chi connectivity index (χ0v) is 12.3. The summed E-state index contributed by atoms with van der Waals surface area (Å²) in [6.07, 6.45) is 1.84. The largest absolute Gasteiger partial charge is 0.459 e. The molecule has 1 fully saturated rings. The monoisotopic (exact) mass is 301 g/mol. The molecule has 0 bridgehead atoms. The summed E-state index contributed by atoms with van der Waals surface area (Å²) in [6, 6.07) is 3.21. The first kappa shape index (κ1) is 16.5. The number of nitrogens with two attached hydrogens (primary N) is 1. The molecule has 2 heterocycles. The maximum absolute atomic E-state index is 12.0. The van der Waals surface area contributed by atoms with Gasteiger partial charge >= 0.3 is 0 Å². The lowest BCUT2D eigenvalue weighted by molar-refractivity contribution is -0.132. The van der Waals surface area contributed by atoms with Gasteiger partial charge in [0, 0.05) is 38.6 Å². The van der Waals surface area contributed by atoms with Crippen LogP contribution in [0.4, 0.5) is 0 Å². The van der Waals surface area contributed by atoms with E-state index in [0.717, 1.165) is 0 Å². The first-order chi connectivity index (χ1) is 9.08. The van der Waals surface area contributed by atoms with Crippen LogP contribution in [0, 0.1) is 0 Å². The SMILES string of the molecule is CC(N)CC(=O)N1CCN(C(=O)c2ccco2)CC1.Cl. The molecule has 1 aliphatic heterocycles. The van der Waals surface area contributed by atoms with Crippen molar-refractivity contribution in [3.8, 4) is 0 Å². The summed E-state index contributed by atoms with van der Waals surface area (Å²) in [5, 5.41) is 0. The normalized spacial score (nSPS) is 16.5. The second kappa shape index (κ2) is 7.31. The van der Waals surface area contributed by atoms with Crippen LogP contribution in [0.1, 0.15) is 23.9 Å². The zero-order valence-electron chi connectivity index (χ0n) is 11.4. The van der Waals surface area contributed by atoms with E-state index in [1.807, 2.05) is 6.92 Å². The Labute approximate surface area is 124 Å². The van der Waals surface area contributed by atoms with Crippen molar-refractivity contribution in [1.82, 2.24) is 9.80 Å². The predicted molar refractivity (Wildman–Crippen MR) is 76.7 cm³/mol. The molecule has 7 heteroatoms. The highest BCUT2D eigenvalue weighted by atomic mass is 35.5. The number of rotatable bonds is 3. The topological polar surface area (TPSA) is 79.8 Å². The third-order valence-electron chi connectivity index (χ3n) is 3.15. The van der Waals surface area contributed by atoms with Gasteiger partial charge in [0.1, 0.15) is 0 Å². The molecule has 112 valence electrons. The third-order valence-corrected chi connectivity index (χ3v) is 3.15. The predicted octanol–water partition coefficient (Wildman–Crippen LogP) is 0.723. The minimum absolute atomic E-state index is 0. The Bertz CT molecular complexity index is 440. The molecule has 1 atom stereocenters. The Kier molecular flexibility index (Phi) is 6.04. The summed E-state index contributed by atoms with van der Waals surface area (Å²) < 4.78 is 5.09. The Morgan fingerprint density at radius 1 is 1.30 bits per heavy atom. The first-order valence-corrected chi connectivity index (χ1v) is 6.44. The van der Waals surface area contributed by atoms with Crippen molar-refractivity contribution in [3.63, 3.8) is 0 Å². The van der Waals surface area contributed by atoms with Gasteiger partial charge in [-0.15, -0.1) is 12.4 Å². The molecule has 0 aliphatic carbocycles. The molecule has 1 aromatic heterocycles. The summed E-state index contributed by atoms with van der Waals surface area (Å²) >= 11 is 0. The Morgan fingerprint density at radius 2 is 1.90 bits per heavy atom. The summed E-state index contributed by atoms with van der Waals surface area (Å²) in [7, 11) is 0. The number of carbonyl (C=O) groups is 2. The first-order valence-electron chi connectivity index (χ1n) is 6.44. The van der Waals surface area contributed by atoms with Crippen LogP contribution in [0.2, 0.25) is 0 Å². The van der Waals surface area contributed by atoms with E-state index in [0.29, 0.717) is 38.4 Å². The van der Waals surface area contributed by atoms with Crippen LogP contribution < -0.4 is 5.73 Å². The van der Waals surface area contributed by atoms with Gasteiger partial charge in [-0.25, -0.2) is 0 Å². The lowest BCUT2D eigenvalue weighted by Crippen LogP contribution is -2.51. The van der Waals surface area contributed by atoms with Gasteiger partial charge in [-0.1, -0.05) is 0 Å². The number of nitrogens with zero attached hydrogens (tertiary/aromatic N) is 2. The van der Waals surface area contributed by atoms with Gasteiger partial charge in [-0.05, 0) is 19.1 Å². The second-order valence-electron chi connectivity index (χ2n) is 4.83. The van der Waals surface area contributed by atoms with E-state index in [9.17, 15) is 9.59 Å². The van der Waals surface area contributed by atoms with Crippen LogP contribution in [0.15, 0.2) is 22.8 Å². The van der Waals surface area contributed by atoms with E-state index < -0.39 is 0 Å². The summed E-state index contributed by atoms with van der Waals surface area (Å²) in [5.74, 6) is 0.278. The van der Waals surface area contributed by atoms with Crippen molar-refractivity contribution in [2.75, 3.05) is 26.2 Å².